The Morgan fingerprint density at radius 2 is 1.17 bits per heavy atom. The lowest BCUT2D eigenvalue weighted by atomic mass is 9.84. The minimum absolute atomic E-state index is 0.0228. The summed E-state index contributed by atoms with van der Waals surface area (Å²) in [6.07, 6.45) is -9.94. The van der Waals surface area contributed by atoms with Gasteiger partial charge >= 0.3 is 30.2 Å². The van der Waals surface area contributed by atoms with Gasteiger partial charge in [0.2, 0.25) is 41.7 Å². The van der Waals surface area contributed by atoms with Gasteiger partial charge in [-0.2, -0.15) is 0 Å². The van der Waals surface area contributed by atoms with Crippen molar-refractivity contribution in [2.24, 2.45) is 11.7 Å². The zero-order valence-electron chi connectivity index (χ0n) is 78.6. The molecule has 0 aliphatic carbocycles. The van der Waals surface area contributed by atoms with Crippen LogP contribution in [0.1, 0.15) is 129 Å². The summed E-state index contributed by atoms with van der Waals surface area (Å²) in [4.78, 5) is 212. The van der Waals surface area contributed by atoms with Crippen LogP contribution in [0.3, 0.4) is 0 Å². The second-order valence-electron chi connectivity index (χ2n) is 35.0. The Bertz CT molecular complexity index is 6610. The van der Waals surface area contributed by atoms with E-state index in [-0.39, 0.29) is 158 Å². The van der Waals surface area contributed by atoms with Crippen molar-refractivity contribution in [1.82, 2.24) is 65.7 Å². The maximum Gasteiger partial charge on any atom is 0.410 e. The van der Waals surface area contributed by atoms with Crippen molar-refractivity contribution in [3.8, 4) is 40.0 Å². The highest BCUT2D eigenvalue weighted by atomic mass is 19.1. The Labute approximate surface area is 812 Å². The molecule has 0 unspecified atom stereocenters. The molecule has 758 valence electrons. The Hall–Kier alpha value is -15.4. The first-order valence-corrected chi connectivity index (χ1v) is 45.8. The number of hydrogen-bond donors (Lipinski definition) is 15. The van der Waals surface area contributed by atoms with E-state index in [1.165, 1.54) is 75.7 Å². The summed E-state index contributed by atoms with van der Waals surface area (Å²) in [5.74, 6) is -12.0. The third-order valence-electron chi connectivity index (χ3n) is 25.4. The van der Waals surface area contributed by atoms with E-state index in [1.807, 2.05) is 13.8 Å². The van der Waals surface area contributed by atoms with Gasteiger partial charge in [0.05, 0.1) is 83.3 Å². The fraction of sp³-hybridized carbons (Fsp3) is 0.406. The molecule has 16 N–H and O–H groups in total. The minimum atomic E-state index is -2.12. The van der Waals surface area contributed by atoms with E-state index >= 15 is 8.78 Å². The lowest BCUT2D eigenvalue weighted by Crippen LogP contribution is -2.61. The number of carboxylic acids is 1. The fourth-order valence-electron chi connectivity index (χ4n) is 17.6. The topological polar surface area (TPSA) is 619 Å². The predicted octanol–water partition coefficient (Wildman–Crippen LogP) is 2.50. The van der Waals surface area contributed by atoms with E-state index in [9.17, 15) is 103 Å². The number of urea groups is 1. The number of alkyl carbamates (subject to hydrolysis) is 2. The molecule has 10 heterocycles. The van der Waals surface area contributed by atoms with Gasteiger partial charge in [-0.1, -0.05) is 66.3 Å². The number of aromatic nitrogens is 4. The number of anilines is 2. The second-order valence-corrected chi connectivity index (χ2v) is 35.0. The number of carbonyl (C=O) groups excluding carboxylic acids is 12. The standard InChI is InChI=1S/C96H106F2N16O29/c1-9-51-53-29-71(61(97)33-64(53)106-79-55(51)35-113-67(79)31-59-57(87(113)126)42-136-47(7)95(59,134)11-3)141-45-103-94(133)139-41-49-17-20-69(142-90-83(123)81(121)82(122)84(143-90)89(128)129)66(28-49)105-73(116)37-110(8)75(118)23-25-100-72(115)38-111(26-27-112-76(119)21-22-77(112)120)39-74(117)109-78(46(5)6)86(125)108-63(14-13-24-101-92(99)131)85(124)104-50-18-15-48(16-19-50)40-138-93(132)102-44-140-70-30-54-52(10-2)56-36-114-68(80(56)107-65(54)34-62(70)98)32-60-58(88(114)127)43-137-91(130)96(60,135)12-4/h15-22,28-34,46,63,78,81-84,90,121-123,134-135H,7,9-14,23-27,35-45H2,1-6,8H3,(H,100,115)(H,102,132)(H,103,133)(H,104,124)(H,105,116)(H,108,125)(H,109,117)(H,128,129)(H3,99,101,131)/t63-,78-,81-,82-,83+,84-,90+,95+,96-/m0/s1. The number of carboxylic acid groups (broad SMARTS) is 1. The number of aliphatic hydroxyl groups is 5. The van der Waals surface area contributed by atoms with Crippen LogP contribution in [0, 0.1) is 17.6 Å². The molecule has 47 heteroatoms. The molecule has 6 aliphatic rings. The summed E-state index contributed by atoms with van der Waals surface area (Å²) < 4.78 is 78.8. The fourth-order valence-corrected chi connectivity index (χ4v) is 17.6. The lowest BCUT2D eigenvalue weighted by Gasteiger charge is -2.38. The quantitative estimate of drug-likeness (QED) is 0.00862. The van der Waals surface area contributed by atoms with Gasteiger partial charge in [-0.3, -0.25) is 68.4 Å². The number of cyclic esters (lactones) is 1. The van der Waals surface area contributed by atoms with Gasteiger partial charge in [0.1, 0.15) is 73.9 Å². The highest BCUT2D eigenvalue weighted by Crippen LogP contribution is 2.46. The molecule has 8 aromatic rings. The van der Waals surface area contributed by atoms with Crippen molar-refractivity contribution in [3.63, 3.8) is 0 Å². The number of nitrogens with one attached hydrogen (secondary N) is 8. The predicted molar refractivity (Wildman–Crippen MR) is 498 cm³/mol. The van der Waals surface area contributed by atoms with Crippen LogP contribution in [0.4, 0.5) is 34.5 Å². The van der Waals surface area contributed by atoms with Crippen LogP contribution >= 0.6 is 0 Å². The van der Waals surface area contributed by atoms with Crippen LogP contribution < -0.4 is 73.6 Å². The number of primary amides is 1. The number of fused-ring (bicyclic) bond motifs is 10. The number of aliphatic hydroxyl groups excluding tert-OH is 3. The van der Waals surface area contributed by atoms with Crippen molar-refractivity contribution in [3.05, 3.63) is 191 Å². The highest BCUT2D eigenvalue weighted by Gasteiger charge is 2.50. The first-order valence-electron chi connectivity index (χ1n) is 45.8. The molecule has 0 spiro atoms. The van der Waals surface area contributed by atoms with E-state index in [1.54, 1.807) is 39.8 Å². The number of nitrogens with two attached hydrogens (primary N) is 1. The van der Waals surface area contributed by atoms with Crippen LogP contribution in [0.15, 0.2) is 113 Å². The van der Waals surface area contributed by atoms with Crippen LogP contribution in [-0.2, 0) is 135 Å². The normalized spacial score (nSPS) is 18.8. The molecule has 12 amide bonds. The number of aliphatic carboxylic acids is 1. The SMILES string of the molecule is C=C1OCc2c(cc3n(c2=O)Cc2c-3nc3cc(F)c(OCNC(=O)OCc4ccc(O[C@@H]5O[C@H](C(=O)O)[C@@H](O)[C@H](O)[C@H]5O)c(NC(=O)CN(C)C(=O)CCNC(=O)CN(CCN5C(=O)C=CC5=O)CC(=O)N[C@H](C(=O)N[C@@H](CCCNC(N)=O)C(=O)Nc5ccc(COC(=O)NCOc6cc7c(CC)c8c(nc7cc6F)-c6cc7c(c(=O)n6C8)COC(=O)[C@]7(O)CC)cc5)C(C)C)c4)cc3c2CC)[C@@]1(O)CC. The monoisotopic (exact) mass is 1980 g/mol. The van der Waals surface area contributed by atoms with Crippen molar-refractivity contribution in [2.75, 3.05) is 77.0 Å². The maximum atomic E-state index is 15.9. The Kier molecular flexibility index (Phi) is 31.6. The molecule has 14 rings (SSSR count). The summed E-state index contributed by atoms with van der Waals surface area (Å²) in [7, 11) is 1.23. The highest BCUT2D eigenvalue weighted by molar-refractivity contribution is 6.13. The number of hydrogen-bond acceptors (Lipinski definition) is 31. The van der Waals surface area contributed by atoms with Gasteiger partial charge in [-0.05, 0) is 115 Å². The molecule has 0 saturated carbocycles. The summed E-state index contributed by atoms with van der Waals surface area (Å²) in [6.45, 7) is 8.91. The number of nitrogens with zero attached hydrogens (tertiary/aromatic N) is 7. The van der Waals surface area contributed by atoms with Crippen molar-refractivity contribution in [1.29, 1.82) is 0 Å². The number of imide groups is 1. The van der Waals surface area contributed by atoms with E-state index in [0.29, 0.717) is 68.6 Å². The third-order valence-corrected chi connectivity index (χ3v) is 25.4. The first-order chi connectivity index (χ1) is 68.1. The van der Waals surface area contributed by atoms with Gasteiger partial charge in [0.15, 0.2) is 48.3 Å². The molecule has 4 aromatic heterocycles. The van der Waals surface area contributed by atoms with Crippen LogP contribution in [0.25, 0.3) is 44.6 Å². The lowest BCUT2D eigenvalue weighted by molar-refractivity contribution is -0.271. The van der Waals surface area contributed by atoms with Crippen molar-refractivity contribution < 1.29 is 140 Å². The molecule has 0 radical (unpaired) electrons. The smallest absolute Gasteiger partial charge is 0.410 e. The molecular formula is C96H106F2N16O29. The van der Waals surface area contributed by atoms with Crippen LogP contribution in [-0.4, -0.2) is 251 Å². The molecule has 4 aromatic carbocycles. The molecule has 1 saturated heterocycles. The number of amides is 12. The van der Waals surface area contributed by atoms with Crippen LogP contribution in [0.5, 0.6) is 17.2 Å². The zero-order valence-corrected chi connectivity index (χ0v) is 78.6. The molecule has 45 nitrogen and oxygen atoms in total. The maximum absolute atomic E-state index is 15.9. The second kappa shape index (κ2) is 43.8. The summed E-state index contributed by atoms with van der Waals surface area (Å²) >= 11 is 0. The number of rotatable bonds is 40. The van der Waals surface area contributed by atoms with Gasteiger partial charge in [0, 0.05) is 103 Å². The third kappa shape index (κ3) is 22.3. The number of esters is 1. The largest absolute Gasteiger partial charge is 0.490 e. The molecular weight excluding hydrogens is 1880 g/mol. The first kappa shape index (κ1) is 103. The van der Waals surface area contributed by atoms with E-state index in [0.717, 1.165) is 45.2 Å². The zero-order chi connectivity index (χ0) is 103. The number of aryl methyl sites for hydroxylation is 2. The molecule has 9 atom stereocenters. The number of likely N-dealkylation sites (N-methyl/N-ethyl adjacent to an activating group) is 1. The van der Waals surface area contributed by atoms with Crippen LogP contribution in [0.2, 0.25) is 0 Å². The van der Waals surface area contributed by atoms with E-state index in [4.69, 9.17) is 53.6 Å². The number of benzene rings is 4. The van der Waals surface area contributed by atoms with Crippen molar-refractivity contribution in [2.45, 2.75) is 180 Å². The average Bonchev–Trinajstić information content (AvgIpc) is 1.58. The Morgan fingerprint density at radius 1 is 0.622 bits per heavy atom. The molecule has 6 aliphatic heterocycles. The van der Waals surface area contributed by atoms with Gasteiger partial charge < -0.3 is 120 Å². The summed E-state index contributed by atoms with van der Waals surface area (Å²) in [5.41, 5.74) is 7.05. The van der Waals surface area contributed by atoms with Gasteiger partial charge in [-0.25, -0.2) is 42.7 Å². The summed E-state index contributed by atoms with van der Waals surface area (Å²) in [5, 5.41) is 85.8. The van der Waals surface area contributed by atoms with Gasteiger partial charge in [-0.15, -0.1) is 0 Å². The number of pyridine rings is 4. The van der Waals surface area contributed by atoms with E-state index in [2.05, 4.69) is 49.1 Å². The number of carbonyl (C=O) groups is 13. The molecule has 143 heavy (non-hydrogen) atoms. The molecule has 0 bridgehead atoms. The number of halogens is 2. The van der Waals surface area contributed by atoms with E-state index < -0.39 is 201 Å². The molecule has 1 fully saturated rings. The minimum Gasteiger partial charge on any atom is -0.490 e. The Morgan fingerprint density at radius 3 is 1.73 bits per heavy atom. The Balaban J connectivity index is 0.555. The number of ether oxygens (including phenoxy) is 8. The average molecular weight is 1990 g/mol. The van der Waals surface area contributed by atoms with Crippen molar-refractivity contribution >= 4 is 111 Å². The van der Waals surface area contributed by atoms with Gasteiger partial charge in [0.25, 0.3) is 22.9 Å². The summed E-state index contributed by atoms with van der Waals surface area (Å²) in [6, 6.07) is 14.5.